The predicted molar refractivity (Wildman–Crippen MR) is 123 cm³/mol. The van der Waals surface area contributed by atoms with Gasteiger partial charge in [-0.1, -0.05) is 73.7 Å². The van der Waals surface area contributed by atoms with Crippen LogP contribution in [0.4, 0.5) is 0 Å². The van der Waals surface area contributed by atoms with Crippen molar-refractivity contribution in [2.75, 3.05) is 20.1 Å². The van der Waals surface area contributed by atoms with Crippen molar-refractivity contribution in [2.24, 2.45) is 0 Å². The highest BCUT2D eigenvalue weighted by molar-refractivity contribution is 7.84. The number of ether oxygens (including phenoxy) is 2. The zero-order chi connectivity index (χ0) is 20.2. The molecule has 4 heteroatoms. The van der Waals surface area contributed by atoms with Gasteiger partial charge in [0.25, 0.3) is 0 Å². The molecule has 0 heterocycles. The smallest absolute Gasteiger partial charge is 0.118 e. The van der Waals surface area contributed by atoms with Crippen molar-refractivity contribution < 1.29 is 9.47 Å². The largest absolute Gasteiger partial charge is 0.497 e. The van der Waals surface area contributed by atoms with Crippen molar-refractivity contribution in [3.8, 4) is 11.5 Å². The van der Waals surface area contributed by atoms with E-state index >= 15 is 0 Å². The third-order valence-electron chi connectivity index (χ3n) is 4.67. The van der Waals surface area contributed by atoms with E-state index in [0.29, 0.717) is 10.3 Å². The minimum absolute atomic E-state index is 0.186. The van der Waals surface area contributed by atoms with E-state index in [2.05, 4.69) is 90.1 Å². The van der Waals surface area contributed by atoms with Crippen molar-refractivity contribution in [1.29, 1.82) is 0 Å². The molecule has 0 aromatic heterocycles. The molecular weight excluding hydrogens is 370 g/mol. The molecule has 0 unspecified atom stereocenters. The summed E-state index contributed by atoms with van der Waals surface area (Å²) in [7, 11) is 2.82. The van der Waals surface area contributed by atoms with Crippen LogP contribution in [0.3, 0.4) is 0 Å². The van der Waals surface area contributed by atoms with Crippen LogP contribution in [0, 0.1) is 0 Å². The van der Waals surface area contributed by atoms with E-state index in [9.17, 15) is 0 Å². The van der Waals surface area contributed by atoms with E-state index in [0.717, 1.165) is 11.5 Å². The van der Waals surface area contributed by atoms with Gasteiger partial charge in [0.1, 0.15) is 11.5 Å². The van der Waals surface area contributed by atoms with Crippen LogP contribution in [0.2, 0.25) is 0 Å². The Kier molecular flexibility index (Phi) is 7.34. The second kappa shape index (κ2) is 8.93. The van der Waals surface area contributed by atoms with Crippen LogP contribution in [0.15, 0.2) is 48.5 Å². The van der Waals surface area contributed by atoms with Crippen molar-refractivity contribution in [1.82, 2.24) is 0 Å². The average Bonchev–Trinajstić information content (AvgIpc) is 2.60. The summed E-state index contributed by atoms with van der Waals surface area (Å²) in [6.07, 6.45) is 0. The van der Waals surface area contributed by atoms with Gasteiger partial charge in [-0.2, -0.15) is 0 Å². The van der Waals surface area contributed by atoms with Gasteiger partial charge >= 0.3 is 0 Å². The number of rotatable bonds is 6. The van der Waals surface area contributed by atoms with Crippen LogP contribution in [0.5, 0.6) is 11.5 Å². The molecule has 0 fully saturated rings. The Morgan fingerprint density at radius 1 is 0.630 bits per heavy atom. The van der Waals surface area contributed by atoms with Gasteiger partial charge < -0.3 is 9.47 Å². The first-order chi connectivity index (χ1) is 12.6. The Hall–Kier alpha value is -1.10. The number of benzene rings is 2. The molecule has 2 aromatic carbocycles. The molecule has 0 aliphatic rings. The zero-order valence-corrected chi connectivity index (χ0v) is 19.8. The lowest BCUT2D eigenvalue weighted by atomic mass is 10.2. The topological polar surface area (TPSA) is 18.5 Å². The normalized spacial score (nSPS) is 12.5. The van der Waals surface area contributed by atoms with Gasteiger partial charge in [-0.15, -0.1) is 0 Å². The number of methoxy groups -OCH3 is 2. The van der Waals surface area contributed by atoms with E-state index in [4.69, 9.17) is 9.47 Å². The molecule has 0 radical (unpaired) electrons. The van der Waals surface area contributed by atoms with Crippen LogP contribution in [-0.4, -0.2) is 30.4 Å². The number of hydrogen-bond acceptors (Lipinski definition) is 2. The molecule has 2 aromatic rings. The van der Waals surface area contributed by atoms with Crippen molar-refractivity contribution in [3.05, 3.63) is 48.5 Å². The molecule has 2 rings (SSSR count). The average molecular weight is 404 g/mol. The monoisotopic (exact) mass is 404 g/mol. The summed E-state index contributed by atoms with van der Waals surface area (Å²) in [5.41, 5.74) is 0. The Morgan fingerprint density at radius 3 is 1.22 bits per heavy atom. The molecule has 0 aliphatic heterocycles. The molecule has 0 amide bonds. The lowest BCUT2D eigenvalue weighted by Gasteiger charge is -2.43. The van der Waals surface area contributed by atoms with Crippen LogP contribution in [0.1, 0.15) is 41.5 Å². The second-order valence-corrected chi connectivity index (χ2v) is 15.3. The first-order valence-corrected chi connectivity index (χ1v) is 12.4. The lowest BCUT2D eigenvalue weighted by Crippen LogP contribution is -2.28. The summed E-state index contributed by atoms with van der Waals surface area (Å²) in [6.45, 7) is 14.4. The maximum atomic E-state index is 5.37. The van der Waals surface area contributed by atoms with Crippen LogP contribution < -0.4 is 20.1 Å². The highest BCUT2D eigenvalue weighted by Gasteiger charge is 2.36. The Labute approximate surface area is 168 Å². The highest BCUT2D eigenvalue weighted by atomic mass is 31.2. The van der Waals surface area contributed by atoms with E-state index in [1.54, 1.807) is 14.2 Å². The fourth-order valence-electron chi connectivity index (χ4n) is 3.41. The van der Waals surface area contributed by atoms with E-state index in [1.165, 1.54) is 16.5 Å². The lowest BCUT2D eigenvalue weighted by molar-refractivity contribution is 0.415. The fraction of sp³-hybridized carbons (Fsp3) is 0.478. The molecule has 0 saturated heterocycles. The van der Waals surface area contributed by atoms with E-state index in [-0.39, 0.29) is 7.92 Å². The third-order valence-corrected chi connectivity index (χ3v) is 12.0. The van der Waals surface area contributed by atoms with Crippen molar-refractivity contribution >= 4 is 26.5 Å². The van der Waals surface area contributed by atoms with Gasteiger partial charge in [-0.05, 0) is 59.0 Å². The molecule has 148 valence electrons. The molecular formula is C23H34O2P2. The molecule has 0 N–H and O–H groups in total. The van der Waals surface area contributed by atoms with Crippen LogP contribution in [0.25, 0.3) is 0 Å². The first kappa shape index (κ1) is 22.2. The Morgan fingerprint density at radius 2 is 0.963 bits per heavy atom. The standard InChI is InChI=1S/C23H34O2P2/c1-22(2,3)27(23(4,5)6)17-26(20-13-9-18(24-7)10-14-20)21-15-11-19(25-8)12-16-21/h9-16H,17H2,1-8H3. The van der Waals surface area contributed by atoms with Crippen LogP contribution in [-0.2, 0) is 0 Å². The first-order valence-electron chi connectivity index (χ1n) is 9.39. The summed E-state index contributed by atoms with van der Waals surface area (Å²) in [6, 6.07) is 17.3. The quantitative estimate of drug-likeness (QED) is 0.536. The van der Waals surface area contributed by atoms with Crippen molar-refractivity contribution in [3.63, 3.8) is 0 Å². The predicted octanol–water partition coefficient (Wildman–Crippen LogP) is 6.17. The van der Waals surface area contributed by atoms with Gasteiger partial charge in [0.05, 0.1) is 14.2 Å². The van der Waals surface area contributed by atoms with Gasteiger partial charge in [0.2, 0.25) is 0 Å². The molecule has 0 atom stereocenters. The maximum absolute atomic E-state index is 5.37. The maximum Gasteiger partial charge on any atom is 0.118 e. The van der Waals surface area contributed by atoms with Crippen LogP contribution >= 0.6 is 15.8 Å². The van der Waals surface area contributed by atoms with E-state index in [1.807, 2.05) is 0 Å². The Balaban J connectivity index is 2.47. The van der Waals surface area contributed by atoms with Gasteiger partial charge in [-0.25, -0.2) is 0 Å². The van der Waals surface area contributed by atoms with Crippen molar-refractivity contribution in [2.45, 2.75) is 51.9 Å². The minimum atomic E-state index is -0.436. The summed E-state index contributed by atoms with van der Waals surface area (Å²) in [5, 5.41) is 3.45. The Bertz CT molecular complexity index is 649. The second-order valence-electron chi connectivity index (χ2n) is 8.74. The molecule has 0 bridgehead atoms. The summed E-state index contributed by atoms with van der Waals surface area (Å²) in [5.74, 6) is 3.06. The minimum Gasteiger partial charge on any atom is -0.497 e. The molecule has 27 heavy (non-hydrogen) atoms. The summed E-state index contributed by atoms with van der Waals surface area (Å²) < 4.78 is 10.7. The zero-order valence-electron chi connectivity index (χ0n) is 18.0. The molecule has 2 nitrogen and oxygen atoms in total. The summed E-state index contributed by atoms with van der Waals surface area (Å²) >= 11 is 0. The van der Waals surface area contributed by atoms with Gasteiger partial charge in [0, 0.05) is 0 Å². The third kappa shape index (κ3) is 5.94. The van der Waals surface area contributed by atoms with E-state index < -0.39 is 7.92 Å². The fourth-order valence-corrected chi connectivity index (χ4v) is 12.6. The molecule has 0 aliphatic carbocycles. The summed E-state index contributed by atoms with van der Waals surface area (Å²) in [4.78, 5) is 0. The van der Waals surface area contributed by atoms with Gasteiger partial charge in [0.15, 0.2) is 0 Å². The highest BCUT2D eigenvalue weighted by Crippen LogP contribution is 2.64. The molecule has 0 spiro atoms. The molecule has 0 saturated carbocycles. The SMILES string of the molecule is COc1ccc(P(CP(C(C)(C)C)C(C)(C)C)c2ccc(OC)cc2)cc1. The van der Waals surface area contributed by atoms with Gasteiger partial charge in [-0.3, -0.25) is 0 Å². The number of hydrogen-bond donors (Lipinski definition) is 0.